The number of thioether (sulfide) groups is 1. The van der Waals surface area contributed by atoms with E-state index in [0.717, 1.165) is 0 Å². The lowest BCUT2D eigenvalue weighted by Gasteiger charge is -2.25. The van der Waals surface area contributed by atoms with E-state index in [0.29, 0.717) is 23.4 Å². The summed E-state index contributed by atoms with van der Waals surface area (Å²) in [6.07, 6.45) is 5.56. The normalized spacial score (nSPS) is 13.7. The van der Waals surface area contributed by atoms with Crippen LogP contribution in [0.2, 0.25) is 0 Å². The summed E-state index contributed by atoms with van der Waals surface area (Å²) in [5.41, 5.74) is 17.8. The average Bonchev–Trinajstić information content (AvgIpc) is 3.46. The maximum absolute atomic E-state index is 13.6. The number of aromatic nitrogens is 2. The predicted molar refractivity (Wildman–Crippen MR) is 158 cm³/mol. The molecule has 2 rings (SSSR count). The lowest BCUT2D eigenvalue weighted by Crippen LogP contribution is -2.58. The van der Waals surface area contributed by atoms with Gasteiger partial charge in [0.1, 0.15) is 23.9 Å². The molecule has 2 aromatic rings. The van der Waals surface area contributed by atoms with E-state index >= 15 is 0 Å². The Labute approximate surface area is 247 Å². The second-order valence-corrected chi connectivity index (χ2v) is 10.5. The summed E-state index contributed by atoms with van der Waals surface area (Å²) in [5, 5.41) is 27.0. The average molecular weight is 606 g/mol. The van der Waals surface area contributed by atoms with Crippen molar-refractivity contribution in [3.63, 3.8) is 0 Å². The van der Waals surface area contributed by atoms with Crippen molar-refractivity contribution in [1.82, 2.24) is 25.9 Å². The van der Waals surface area contributed by atoms with Crippen LogP contribution in [0.25, 0.3) is 0 Å². The molecule has 0 radical (unpaired) electrons. The van der Waals surface area contributed by atoms with Crippen molar-refractivity contribution in [3.8, 4) is 5.75 Å². The number of carbonyl (C=O) groups excluding carboxylic acids is 3. The van der Waals surface area contributed by atoms with Gasteiger partial charge in [0, 0.05) is 31.3 Å². The first-order chi connectivity index (χ1) is 20.0. The Morgan fingerprint density at radius 3 is 2.17 bits per heavy atom. The van der Waals surface area contributed by atoms with Crippen molar-refractivity contribution in [1.29, 1.82) is 0 Å². The molecular formula is C26H39N9O6S. The number of H-pyrrole nitrogens is 1. The van der Waals surface area contributed by atoms with E-state index in [9.17, 15) is 29.4 Å². The Morgan fingerprint density at radius 1 is 0.976 bits per heavy atom. The van der Waals surface area contributed by atoms with Gasteiger partial charge in [-0.3, -0.25) is 19.4 Å². The van der Waals surface area contributed by atoms with Crippen LogP contribution in [0.5, 0.6) is 5.75 Å². The highest BCUT2D eigenvalue weighted by atomic mass is 32.2. The standard InChI is InChI=1S/C26H39N9O6S/c1-42-10-8-19(25(40)41)33-24(39)21(12-16-13-30-14-32-16)35-23(38)20(11-15-4-6-17(36)7-5-15)34-22(37)18(27)3-2-9-31-26(28)29/h4-7,13-14,18-21,36H,2-3,8-12,27H2,1H3,(H,30,32)(H,33,39)(H,34,37)(H,35,38)(H,40,41)(H4,28,29,31). The minimum absolute atomic E-state index is 0.0163. The highest BCUT2D eigenvalue weighted by Gasteiger charge is 2.31. The van der Waals surface area contributed by atoms with Gasteiger partial charge in [-0.15, -0.1) is 0 Å². The van der Waals surface area contributed by atoms with E-state index in [1.807, 2.05) is 6.26 Å². The number of aliphatic imine (C=N–C) groups is 1. The number of hydrogen-bond acceptors (Lipinski definition) is 9. The van der Waals surface area contributed by atoms with Gasteiger partial charge < -0.3 is 48.3 Å². The van der Waals surface area contributed by atoms with Crippen LogP contribution in [-0.2, 0) is 32.0 Å². The zero-order valence-corrected chi connectivity index (χ0v) is 24.1. The van der Waals surface area contributed by atoms with Gasteiger partial charge in [0.05, 0.1) is 12.4 Å². The molecule has 0 saturated carbocycles. The third-order valence-electron chi connectivity index (χ3n) is 6.15. The number of nitrogens with two attached hydrogens (primary N) is 3. The molecular weight excluding hydrogens is 566 g/mol. The van der Waals surface area contributed by atoms with Crippen molar-refractivity contribution >= 4 is 41.4 Å². The monoisotopic (exact) mass is 605 g/mol. The molecule has 1 heterocycles. The molecule has 1 aromatic carbocycles. The predicted octanol–water partition coefficient (Wildman–Crippen LogP) is -1.43. The summed E-state index contributed by atoms with van der Waals surface area (Å²) < 4.78 is 0. The van der Waals surface area contributed by atoms with Crippen molar-refractivity contribution in [2.45, 2.75) is 56.3 Å². The molecule has 4 atom stereocenters. The fourth-order valence-corrected chi connectivity index (χ4v) is 4.34. The van der Waals surface area contributed by atoms with Crippen LogP contribution in [0, 0.1) is 0 Å². The SMILES string of the molecule is CSCCC(NC(=O)C(Cc1cnc[nH]1)NC(=O)C(Cc1ccc(O)cc1)NC(=O)C(N)CCCN=C(N)N)C(=O)O. The first kappa shape index (κ1) is 33.9. The number of aromatic hydroxyl groups is 1. The molecule has 0 fully saturated rings. The van der Waals surface area contributed by atoms with Gasteiger partial charge in [0.2, 0.25) is 17.7 Å². The molecule has 0 aliphatic rings. The number of aliphatic carboxylic acids is 1. The van der Waals surface area contributed by atoms with Crippen LogP contribution in [0.4, 0.5) is 0 Å². The van der Waals surface area contributed by atoms with Crippen molar-refractivity contribution in [2.75, 3.05) is 18.6 Å². The summed E-state index contributed by atoms with van der Waals surface area (Å²) in [4.78, 5) is 62.1. The molecule has 15 nitrogen and oxygen atoms in total. The maximum Gasteiger partial charge on any atom is 0.326 e. The lowest BCUT2D eigenvalue weighted by atomic mass is 10.0. The fourth-order valence-electron chi connectivity index (χ4n) is 3.87. The number of hydrogen-bond donors (Lipinski definition) is 9. The molecule has 12 N–H and O–H groups in total. The van der Waals surface area contributed by atoms with Crippen molar-refractivity contribution in [2.24, 2.45) is 22.2 Å². The molecule has 1 aromatic heterocycles. The van der Waals surface area contributed by atoms with Crippen molar-refractivity contribution < 1.29 is 29.4 Å². The third kappa shape index (κ3) is 12.1. The van der Waals surface area contributed by atoms with Gasteiger partial charge >= 0.3 is 5.97 Å². The molecule has 3 amide bonds. The minimum atomic E-state index is -1.20. The number of carboxylic acids is 1. The number of benzene rings is 1. The quantitative estimate of drug-likeness (QED) is 0.0540. The number of amides is 3. The number of phenolic OH excluding ortho intramolecular Hbond substituents is 1. The number of nitrogens with one attached hydrogen (secondary N) is 4. The second-order valence-electron chi connectivity index (χ2n) is 9.51. The Bertz CT molecular complexity index is 1190. The molecule has 0 saturated heterocycles. The molecule has 0 aliphatic carbocycles. The Balaban J connectivity index is 2.23. The molecule has 16 heteroatoms. The topological polar surface area (TPSA) is 264 Å². The zero-order valence-electron chi connectivity index (χ0n) is 23.3. The smallest absolute Gasteiger partial charge is 0.326 e. The number of guanidine groups is 1. The van der Waals surface area contributed by atoms with Crippen molar-refractivity contribution in [3.05, 3.63) is 48.0 Å². The summed E-state index contributed by atoms with van der Waals surface area (Å²) >= 11 is 1.44. The first-order valence-corrected chi connectivity index (χ1v) is 14.6. The zero-order chi connectivity index (χ0) is 31.1. The summed E-state index contributed by atoms with van der Waals surface area (Å²) in [6.45, 7) is 0.277. The third-order valence-corrected chi connectivity index (χ3v) is 6.79. The van der Waals surface area contributed by atoms with Crippen LogP contribution in [0.3, 0.4) is 0 Å². The van der Waals surface area contributed by atoms with Crippen LogP contribution in [-0.4, -0.2) is 92.6 Å². The first-order valence-electron chi connectivity index (χ1n) is 13.2. The maximum atomic E-state index is 13.6. The van der Waals surface area contributed by atoms with Gasteiger partial charge in [0.15, 0.2) is 5.96 Å². The molecule has 0 bridgehead atoms. The van der Waals surface area contributed by atoms with Gasteiger partial charge in [-0.25, -0.2) is 9.78 Å². The van der Waals surface area contributed by atoms with E-state index in [4.69, 9.17) is 17.2 Å². The number of imidazole rings is 1. The molecule has 230 valence electrons. The second kappa shape index (κ2) is 17.5. The molecule has 42 heavy (non-hydrogen) atoms. The molecule has 0 aliphatic heterocycles. The number of nitrogens with zero attached hydrogens (tertiary/aromatic N) is 2. The minimum Gasteiger partial charge on any atom is -0.508 e. The summed E-state index contributed by atoms with van der Waals surface area (Å²) in [7, 11) is 0. The number of carboxylic acid groups (broad SMARTS) is 1. The van der Waals surface area contributed by atoms with E-state index in [-0.39, 0.29) is 43.9 Å². The van der Waals surface area contributed by atoms with Gasteiger partial charge in [0.25, 0.3) is 0 Å². The summed E-state index contributed by atoms with van der Waals surface area (Å²) in [5.74, 6) is -2.76. The number of aromatic amines is 1. The summed E-state index contributed by atoms with van der Waals surface area (Å²) in [6, 6.07) is 1.59. The van der Waals surface area contributed by atoms with Gasteiger partial charge in [-0.2, -0.15) is 11.8 Å². The van der Waals surface area contributed by atoms with Crippen LogP contribution < -0.4 is 33.2 Å². The Hall–Kier alpha value is -4.31. The van der Waals surface area contributed by atoms with Crippen LogP contribution in [0.1, 0.15) is 30.5 Å². The van der Waals surface area contributed by atoms with Crippen LogP contribution >= 0.6 is 11.8 Å². The van der Waals surface area contributed by atoms with E-state index in [1.165, 1.54) is 36.4 Å². The van der Waals surface area contributed by atoms with Crippen LogP contribution in [0.15, 0.2) is 41.8 Å². The Kier molecular flexibility index (Phi) is 14.1. The Morgan fingerprint density at radius 2 is 1.60 bits per heavy atom. The van der Waals surface area contributed by atoms with E-state index in [2.05, 4.69) is 30.9 Å². The largest absolute Gasteiger partial charge is 0.508 e. The number of carbonyl (C=O) groups is 4. The lowest BCUT2D eigenvalue weighted by molar-refractivity contribution is -0.142. The molecule has 4 unspecified atom stereocenters. The highest BCUT2D eigenvalue weighted by molar-refractivity contribution is 7.98. The highest BCUT2D eigenvalue weighted by Crippen LogP contribution is 2.12. The molecule has 0 spiro atoms. The number of rotatable bonds is 18. The van der Waals surface area contributed by atoms with E-state index in [1.54, 1.807) is 12.1 Å². The fraction of sp³-hybridized carbons (Fsp3) is 0.462. The van der Waals surface area contributed by atoms with Gasteiger partial charge in [-0.1, -0.05) is 12.1 Å². The van der Waals surface area contributed by atoms with E-state index < -0.39 is 47.9 Å². The number of phenols is 1. The van der Waals surface area contributed by atoms with Gasteiger partial charge in [-0.05, 0) is 49.0 Å².